The normalized spacial score (nSPS) is 18.5. The van der Waals surface area contributed by atoms with Crippen LogP contribution >= 0.6 is 0 Å². The molecule has 1 fully saturated rings. The van der Waals surface area contributed by atoms with Crippen molar-refractivity contribution in [2.75, 3.05) is 25.0 Å². The van der Waals surface area contributed by atoms with Gasteiger partial charge in [-0.3, -0.25) is 9.59 Å². The lowest BCUT2D eigenvalue weighted by Gasteiger charge is -2.32. The molecule has 0 aliphatic carbocycles. The van der Waals surface area contributed by atoms with Gasteiger partial charge in [-0.1, -0.05) is 25.1 Å². The number of carbonyl (C=O) groups is 3. The Morgan fingerprint density at radius 3 is 2.67 bits per heavy atom. The van der Waals surface area contributed by atoms with Gasteiger partial charge < -0.3 is 20.6 Å². The molecule has 1 saturated heterocycles. The highest BCUT2D eigenvalue weighted by Crippen LogP contribution is 2.18. The Kier molecular flexibility index (Phi) is 6.17. The summed E-state index contributed by atoms with van der Waals surface area (Å²) >= 11 is 0. The molecular weight excluding hydrogens is 310 g/mol. The number of benzene rings is 1. The van der Waals surface area contributed by atoms with Crippen LogP contribution in [0.4, 0.5) is 10.5 Å². The zero-order valence-corrected chi connectivity index (χ0v) is 13.7. The molecule has 1 aliphatic rings. The van der Waals surface area contributed by atoms with Gasteiger partial charge in [-0.25, -0.2) is 4.79 Å². The van der Waals surface area contributed by atoms with Crippen molar-refractivity contribution in [3.8, 4) is 0 Å². The van der Waals surface area contributed by atoms with Crippen LogP contribution in [0.3, 0.4) is 0 Å². The van der Waals surface area contributed by atoms with Crippen molar-refractivity contribution >= 4 is 23.6 Å². The predicted molar refractivity (Wildman–Crippen MR) is 89.6 cm³/mol. The Balaban J connectivity index is 1.85. The highest BCUT2D eigenvalue weighted by atomic mass is 16.4. The topological polar surface area (TPSA) is 98.7 Å². The van der Waals surface area contributed by atoms with E-state index in [9.17, 15) is 14.4 Å². The van der Waals surface area contributed by atoms with Crippen LogP contribution in [0, 0.1) is 11.8 Å². The molecule has 1 heterocycles. The van der Waals surface area contributed by atoms with Gasteiger partial charge in [0.25, 0.3) is 0 Å². The third-order valence-corrected chi connectivity index (χ3v) is 4.11. The molecule has 2 atom stereocenters. The van der Waals surface area contributed by atoms with Gasteiger partial charge in [0.1, 0.15) is 0 Å². The van der Waals surface area contributed by atoms with Gasteiger partial charge in [0, 0.05) is 25.3 Å². The minimum atomic E-state index is -0.942. The highest BCUT2D eigenvalue weighted by Gasteiger charge is 2.28. The fraction of sp³-hybridized carbons (Fsp3) is 0.471. The van der Waals surface area contributed by atoms with Gasteiger partial charge in [0.15, 0.2) is 0 Å². The number of carboxylic acids is 1. The third kappa shape index (κ3) is 4.97. The van der Waals surface area contributed by atoms with Gasteiger partial charge >= 0.3 is 12.0 Å². The van der Waals surface area contributed by atoms with E-state index >= 15 is 0 Å². The minimum Gasteiger partial charge on any atom is -0.481 e. The summed E-state index contributed by atoms with van der Waals surface area (Å²) in [4.78, 5) is 36.9. The number of urea groups is 1. The highest BCUT2D eigenvalue weighted by molar-refractivity contribution is 5.90. The Bertz CT molecular complexity index is 591. The van der Waals surface area contributed by atoms with E-state index in [1.54, 1.807) is 24.0 Å². The average molecular weight is 333 g/mol. The number of likely N-dealkylation sites (tertiary alicyclic amines) is 1. The number of carbonyl (C=O) groups excluding carboxylic acids is 2. The zero-order valence-electron chi connectivity index (χ0n) is 13.7. The molecule has 7 nitrogen and oxygen atoms in total. The largest absolute Gasteiger partial charge is 0.481 e. The van der Waals surface area contributed by atoms with Crippen LogP contribution in [-0.2, 0) is 9.59 Å². The molecule has 0 saturated carbocycles. The summed E-state index contributed by atoms with van der Waals surface area (Å²) < 4.78 is 0. The number of nitrogens with one attached hydrogen (secondary N) is 2. The molecule has 1 aromatic rings. The van der Waals surface area contributed by atoms with Crippen molar-refractivity contribution in [2.45, 2.75) is 19.8 Å². The van der Waals surface area contributed by atoms with E-state index in [0.717, 1.165) is 6.42 Å². The number of piperidine rings is 1. The van der Waals surface area contributed by atoms with Crippen molar-refractivity contribution in [1.29, 1.82) is 0 Å². The summed E-state index contributed by atoms with van der Waals surface area (Å²) in [7, 11) is 0. The van der Waals surface area contributed by atoms with E-state index in [0.29, 0.717) is 25.2 Å². The first-order valence-corrected chi connectivity index (χ1v) is 8.09. The van der Waals surface area contributed by atoms with E-state index in [4.69, 9.17) is 5.11 Å². The summed E-state index contributed by atoms with van der Waals surface area (Å²) in [6.07, 6.45) is 1.44. The van der Waals surface area contributed by atoms with Crippen LogP contribution in [0.2, 0.25) is 0 Å². The molecule has 24 heavy (non-hydrogen) atoms. The fourth-order valence-corrected chi connectivity index (χ4v) is 2.58. The monoisotopic (exact) mass is 333 g/mol. The van der Waals surface area contributed by atoms with E-state index in [-0.39, 0.29) is 24.4 Å². The van der Waals surface area contributed by atoms with Gasteiger partial charge in [-0.15, -0.1) is 0 Å². The first kappa shape index (κ1) is 17.8. The minimum absolute atomic E-state index is 0.0981. The van der Waals surface area contributed by atoms with Crippen molar-refractivity contribution in [3.63, 3.8) is 0 Å². The van der Waals surface area contributed by atoms with E-state index in [1.807, 2.05) is 18.2 Å². The van der Waals surface area contributed by atoms with Crippen LogP contribution in [0.1, 0.15) is 19.8 Å². The number of hydrogen-bond donors (Lipinski definition) is 3. The van der Waals surface area contributed by atoms with Crippen molar-refractivity contribution in [3.05, 3.63) is 30.3 Å². The lowest BCUT2D eigenvalue weighted by molar-refractivity contribution is -0.141. The summed E-state index contributed by atoms with van der Waals surface area (Å²) in [6, 6.07) is 8.93. The number of carboxylic acid groups (broad SMARTS) is 1. The first-order valence-electron chi connectivity index (χ1n) is 8.09. The second-order valence-electron chi connectivity index (χ2n) is 6.07. The van der Waals surface area contributed by atoms with Crippen LogP contribution in [0.15, 0.2) is 30.3 Å². The number of rotatable bonds is 5. The predicted octanol–water partition coefficient (Wildman–Crippen LogP) is 1.77. The number of para-hydroxylation sites is 1. The van der Waals surface area contributed by atoms with Crippen molar-refractivity contribution in [2.24, 2.45) is 11.8 Å². The standard InChI is InChI=1S/C17H23N3O4/c1-12(16(22)23)10-18-15(21)13-6-5-9-20(11-13)17(24)19-14-7-3-2-4-8-14/h2-4,7-8,12-13H,5-6,9-11H2,1H3,(H,18,21)(H,19,24)(H,22,23). The smallest absolute Gasteiger partial charge is 0.321 e. The molecular formula is C17H23N3O4. The maximum atomic E-state index is 12.3. The molecule has 130 valence electrons. The maximum Gasteiger partial charge on any atom is 0.321 e. The molecule has 7 heteroatoms. The second-order valence-corrected chi connectivity index (χ2v) is 6.07. The van der Waals surface area contributed by atoms with E-state index < -0.39 is 11.9 Å². The number of anilines is 1. The van der Waals surface area contributed by atoms with Gasteiger partial charge in [-0.2, -0.15) is 0 Å². The molecule has 3 amide bonds. The molecule has 0 bridgehead atoms. The molecule has 0 spiro atoms. The van der Waals surface area contributed by atoms with Crippen LogP contribution in [-0.4, -0.2) is 47.5 Å². The van der Waals surface area contributed by atoms with E-state index in [1.165, 1.54) is 0 Å². The first-order chi connectivity index (χ1) is 11.5. The molecule has 0 aromatic heterocycles. The van der Waals surface area contributed by atoms with Gasteiger partial charge in [-0.05, 0) is 25.0 Å². The molecule has 2 rings (SSSR count). The summed E-state index contributed by atoms with van der Waals surface area (Å²) in [6.45, 7) is 2.59. The zero-order chi connectivity index (χ0) is 17.5. The Hall–Kier alpha value is -2.57. The number of aliphatic carboxylic acids is 1. The maximum absolute atomic E-state index is 12.3. The summed E-state index contributed by atoms with van der Waals surface area (Å²) in [5.74, 6) is -2.07. The number of amides is 3. The molecule has 1 aliphatic heterocycles. The number of nitrogens with zero attached hydrogens (tertiary/aromatic N) is 1. The Labute approximate surface area is 141 Å². The molecule has 0 radical (unpaired) electrons. The third-order valence-electron chi connectivity index (χ3n) is 4.11. The molecule has 2 unspecified atom stereocenters. The van der Waals surface area contributed by atoms with Gasteiger partial charge in [0.2, 0.25) is 5.91 Å². The molecule has 1 aromatic carbocycles. The lowest BCUT2D eigenvalue weighted by Crippen LogP contribution is -2.47. The van der Waals surface area contributed by atoms with Crippen LogP contribution in [0.25, 0.3) is 0 Å². The Morgan fingerprint density at radius 1 is 1.29 bits per heavy atom. The summed E-state index contributed by atoms with van der Waals surface area (Å²) in [5, 5.41) is 14.3. The Morgan fingerprint density at radius 2 is 2.00 bits per heavy atom. The average Bonchev–Trinajstić information content (AvgIpc) is 2.60. The van der Waals surface area contributed by atoms with Crippen molar-refractivity contribution in [1.82, 2.24) is 10.2 Å². The molecule has 3 N–H and O–H groups in total. The second kappa shape index (κ2) is 8.33. The quantitative estimate of drug-likeness (QED) is 0.765. The summed E-state index contributed by atoms with van der Waals surface area (Å²) in [5.41, 5.74) is 0.712. The SMILES string of the molecule is CC(CNC(=O)C1CCCN(C(=O)Nc2ccccc2)C1)C(=O)O. The fourth-order valence-electron chi connectivity index (χ4n) is 2.58. The van der Waals surface area contributed by atoms with Crippen LogP contribution < -0.4 is 10.6 Å². The van der Waals surface area contributed by atoms with Crippen molar-refractivity contribution < 1.29 is 19.5 Å². The lowest BCUT2D eigenvalue weighted by atomic mass is 9.97. The van der Waals surface area contributed by atoms with Gasteiger partial charge in [0.05, 0.1) is 11.8 Å². The van der Waals surface area contributed by atoms with Crippen LogP contribution in [0.5, 0.6) is 0 Å². The number of hydrogen-bond acceptors (Lipinski definition) is 3. The van der Waals surface area contributed by atoms with E-state index in [2.05, 4.69) is 10.6 Å².